The van der Waals surface area contributed by atoms with E-state index in [1.807, 2.05) is 33.8 Å². The third kappa shape index (κ3) is 4.56. The van der Waals surface area contributed by atoms with E-state index in [2.05, 4.69) is 5.32 Å². The fourth-order valence-electron chi connectivity index (χ4n) is 1.29. The van der Waals surface area contributed by atoms with Crippen molar-refractivity contribution in [3.8, 4) is 6.07 Å². The van der Waals surface area contributed by atoms with Gasteiger partial charge in [-0.25, -0.2) is 0 Å². The van der Waals surface area contributed by atoms with Crippen molar-refractivity contribution in [1.29, 1.82) is 5.26 Å². The first-order valence-corrected chi connectivity index (χ1v) is 5.76. The predicted molar refractivity (Wildman–Crippen MR) is 70.2 cm³/mol. The van der Waals surface area contributed by atoms with Crippen LogP contribution in [0.1, 0.15) is 31.9 Å². The SMILES string of the molecule is Cc1ccc(C#N)cc1NC(=O)COC(C)(C)C. The minimum absolute atomic E-state index is 0.000277. The van der Waals surface area contributed by atoms with Gasteiger partial charge in [0.05, 0.1) is 17.2 Å². The molecular weight excluding hydrogens is 228 g/mol. The fourth-order valence-corrected chi connectivity index (χ4v) is 1.29. The van der Waals surface area contributed by atoms with Crippen molar-refractivity contribution < 1.29 is 9.53 Å². The number of ether oxygens (including phenoxy) is 1. The number of nitriles is 1. The van der Waals surface area contributed by atoms with Crippen LogP contribution in [-0.2, 0) is 9.53 Å². The van der Waals surface area contributed by atoms with Gasteiger partial charge >= 0.3 is 0 Å². The van der Waals surface area contributed by atoms with Gasteiger partial charge in [-0.2, -0.15) is 5.26 Å². The average molecular weight is 246 g/mol. The van der Waals surface area contributed by atoms with E-state index < -0.39 is 0 Å². The van der Waals surface area contributed by atoms with Gasteiger partial charge in [-0.15, -0.1) is 0 Å². The number of carbonyl (C=O) groups excluding carboxylic acids is 1. The highest BCUT2D eigenvalue weighted by atomic mass is 16.5. The molecule has 0 saturated carbocycles. The summed E-state index contributed by atoms with van der Waals surface area (Å²) in [5.74, 6) is -0.219. The molecule has 0 heterocycles. The molecule has 1 rings (SSSR count). The summed E-state index contributed by atoms with van der Waals surface area (Å²) in [6.07, 6.45) is 0. The van der Waals surface area contributed by atoms with Gasteiger partial charge in [-0.05, 0) is 45.4 Å². The van der Waals surface area contributed by atoms with E-state index in [1.54, 1.807) is 18.2 Å². The molecule has 0 spiro atoms. The Hall–Kier alpha value is -1.86. The monoisotopic (exact) mass is 246 g/mol. The normalized spacial score (nSPS) is 10.8. The van der Waals surface area contributed by atoms with Crippen LogP contribution in [0, 0.1) is 18.3 Å². The van der Waals surface area contributed by atoms with E-state index in [-0.39, 0.29) is 18.1 Å². The van der Waals surface area contributed by atoms with Gasteiger partial charge in [0.25, 0.3) is 0 Å². The Morgan fingerprint density at radius 3 is 2.67 bits per heavy atom. The Bertz CT molecular complexity index is 482. The van der Waals surface area contributed by atoms with Gasteiger partial charge < -0.3 is 10.1 Å². The standard InChI is InChI=1S/C14H18N2O2/c1-10-5-6-11(8-15)7-12(10)16-13(17)9-18-14(2,3)4/h5-7H,9H2,1-4H3,(H,16,17). The third-order valence-electron chi connectivity index (χ3n) is 2.28. The van der Waals surface area contributed by atoms with Crippen LogP contribution >= 0.6 is 0 Å². The number of anilines is 1. The van der Waals surface area contributed by atoms with Crippen LogP contribution < -0.4 is 5.32 Å². The Labute approximate surface area is 108 Å². The molecule has 1 N–H and O–H groups in total. The molecule has 0 unspecified atom stereocenters. The number of amides is 1. The van der Waals surface area contributed by atoms with Gasteiger partial charge in [0, 0.05) is 5.69 Å². The summed E-state index contributed by atoms with van der Waals surface area (Å²) in [5, 5.41) is 11.6. The first-order valence-electron chi connectivity index (χ1n) is 5.76. The van der Waals surface area contributed by atoms with Crippen LogP contribution in [0.15, 0.2) is 18.2 Å². The summed E-state index contributed by atoms with van der Waals surface area (Å²) >= 11 is 0. The summed E-state index contributed by atoms with van der Waals surface area (Å²) in [7, 11) is 0. The molecule has 0 bridgehead atoms. The first kappa shape index (κ1) is 14.2. The summed E-state index contributed by atoms with van der Waals surface area (Å²) in [5.41, 5.74) is 1.74. The largest absolute Gasteiger partial charge is 0.366 e. The van der Waals surface area contributed by atoms with E-state index in [1.165, 1.54) is 0 Å². The predicted octanol–water partition coefficient (Wildman–Crippen LogP) is 2.62. The lowest BCUT2D eigenvalue weighted by molar-refractivity contribution is -0.125. The Balaban J connectivity index is 2.68. The van der Waals surface area contributed by atoms with Crippen molar-refractivity contribution in [2.45, 2.75) is 33.3 Å². The van der Waals surface area contributed by atoms with Crippen LogP contribution in [0.4, 0.5) is 5.69 Å². The van der Waals surface area contributed by atoms with E-state index in [0.29, 0.717) is 11.3 Å². The van der Waals surface area contributed by atoms with Gasteiger partial charge in [-0.1, -0.05) is 6.07 Å². The molecule has 0 aliphatic heterocycles. The maximum absolute atomic E-state index is 11.7. The zero-order valence-electron chi connectivity index (χ0n) is 11.2. The van der Waals surface area contributed by atoms with Crippen molar-refractivity contribution in [1.82, 2.24) is 0 Å². The molecular formula is C14H18N2O2. The molecule has 0 radical (unpaired) electrons. The van der Waals surface area contributed by atoms with Crippen molar-refractivity contribution in [3.63, 3.8) is 0 Å². The second-order valence-corrected chi connectivity index (χ2v) is 5.09. The average Bonchev–Trinajstić information content (AvgIpc) is 2.28. The molecule has 0 aliphatic rings. The molecule has 0 aliphatic carbocycles. The van der Waals surface area contributed by atoms with E-state index in [0.717, 1.165) is 5.56 Å². The van der Waals surface area contributed by atoms with Gasteiger partial charge in [0.2, 0.25) is 5.91 Å². The maximum Gasteiger partial charge on any atom is 0.250 e. The first-order chi connectivity index (χ1) is 8.31. The lowest BCUT2D eigenvalue weighted by Gasteiger charge is -2.19. The molecule has 0 aromatic heterocycles. The van der Waals surface area contributed by atoms with Crippen molar-refractivity contribution in [2.75, 3.05) is 11.9 Å². The summed E-state index contributed by atoms with van der Waals surface area (Å²) in [4.78, 5) is 11.7. The molecule has 0 saturated heterocycles. The molecule has 1 amide bonds. The van der Waals surface area contributed by atoms with Crippen LogP contribution in [0.3, 0.4) is 0 Å². The number of benzene rings is 1. The Morgan fingerprint density at radius 2 is 2.11 bits per heavy atom. The van der Waals surface area contributed by atoms with Crippen molar-refractivity contribution in [3.05, 3.63) is 29.3 Å². The van der Waals surface area contributed by atoms with E-state index >= 15 is 0 Å². The van der Waals surface area contributed by atoms with Crippen LogP contribution in [0.2, 0.25) is 0 Å². The second kappa shape index (κ2) is 5.65. The van der Waals surface area contributed by atoms with Crippen molar-refractivity contribution >= 4 is 11.6 Å². The Morgan fingerprint density at radius 1 is 1.44 bits per heavy atom. The molecule has 1 aromatic carbocycles. The summed E-state index contributed by atoms with van der Waals surface area (Å²) in [6, 6.07) is 7.22. The van der Waals surface area contributed by atoms with Gasteiger partial charge in [0.1, 0.15) is 6.61 Å². The second-order valence-electron chi connectivity index (χ2n) is 5.09. The van der Waals surface area contributed by atoms with Gasteiger partial charge in [0.15, 0.2) is 0 Å². The number of hydrogen-bond acceptors (Lipinski definition) is 3. The van der Waals surface area contributed by atoms with Crippen LogP contribution in [0.25, 0.3) is 0 Å². The number of rotatable bonds is 3. The molecule has 96 valence electrons. The summed E-state index contributed by atoms with van der Waals surface area (Å²) in [6.45, 7) is 7.55. The highest BCUT2D eigenvalue weighted by molar-refractivity contribution is 5.92. The summed E-state index contributed by atoms with van der Waals surface area (Å²) < 4.78 is 5.38. The molecule has 0 atom stereocenters. The zero-order chi connectivity index (χ0) is 13.8. The van der Waals surface area contributed by atoms with Crippen LogP contribution in [0.5, 0.6) is 0 Å². The number of aryl methyl sites for hydroxylation is 1. The van der Waals surface area contributed by atoms with E-state index in [4.69, 9.17) is 10.00 Å². The molecule has 4 heteroatoms. The molecule has 1 aromatic rings. The molecule has 4 nitrogen and oxygen atoms in total. The lowest BCUT2D eigenvalue weighted by Crippen LogP contribution is -2.27. The molecule has 18 heavy (non-hydrogen) atoms. The maximum atomic E-state index is 11.7. The quantitative estimate of drug-likeness (QED) is 0.891. The molecule has 0 fully saturated rings. The highest BCUT2D eigenvalue weighted by Crippen LogP contribution is 2.16. The van der Waals surface area contributed by atoms with Gasteiger partial charge in [-0.3, -0.25) is 4.79 Å². The number of hydrogen-bond donors (Lipinski definition) is 1. The third-order valence-corrected chi connectivity index (χ3v) is 2.28. The van der Waals surface area contributed by atoms with Crippen molar-refractivity contribution in [2.24, 2.45) is 0 Å². The highest BCUT2D eigenvalue weighted by Gasteiger charge is 2.13. The van der Waals surface area contributed by atoms with Crippen LogP contribution in [-0.4, -0.2) is 18.1 Å². The zero-order valence-corrected chi connectivity index (χ0v) is 11.2. The number of nitrogens with zero attached hydrogens (tertiary/aromatic N) is 1. The smallest absolute Gasteiger partial charge is 0.250 e. The number of carbonyl (C=O) groups is 1. The topological polar surface area (TPSA) is 62.1 Å². The van der Waals surface area contributed by atoms with E-state index in [9.17, 15) is 4.79 Å². The number of nitrogens with one attached hydrogen (secondary N) is 1. The minimum atomic E-state index is -0.346. The fraction of sp³-hybridized carbons (Fsp3) is 0.429. The lowest BCUT2D eigenvalue weighted by atomic mass is 10.1. The Kier molecular flexibility index (Phi) is 4.46. The minimum Gasteiger partial charge on any atom is -0.366 e.